The molecule has 0 aliphatic carbocycles. The van der Waals surface area contributed by atoms with Gasteiger partial charge in [0.05, 0.1) is 9.81 Å². The van der Waals surface area contributed by atoms with E-state index < -0.39 is 9.84 Å². The Hall–Kier alpha value is -1.17. The summed E-state index contributed by atoms with van der Waals surface area (Å²) in [4.78, 5) is 4.97. The molecule has 0 bridgehead atoms. The van der Waals surface area contributed by atoms with E-state index in [4.69, 9.17) is 0 Å². The normalized spacial score (nSPS) is 16.9. The summed E-state index contributed by atoms with van der Waals surface area (Å²) < 4.78 is 25.5. The summed E-state index contributed by atoms with van der Waals surface area (Å²) in [5.74, 6) is 0. The van der Waals surface area contributed by atoms with E-state index in [0.29, 0.717) is 9.81 Å². The van der Waals surface area contributed by atoms with Gasteiger partial charge in [0.2, 0.25) is 9.84 Å². The molecular formula is C16H16O2S3. The van der Waals surface area contributed by atoms with Crippen molar-refractivity contribution < 1.29 is 8.42 Å². The monoisotopic (exact) mass is 336 g/mol. The summed E-state index contributed by atoms with van der Waals surface area (Å²) in [6.07, 6.45) is 5.34. The molecule has 2 aromatic rings. The van der Waals surface area contributed by atoms with E-state index in [2.05, 4.69) is 13.8 Å². The highest BCUT2D eigenvalue weighted by atomic mass is 32.2. The fourth-order valence-corrected chi connectivity index (χ4v) is 6.32. The molecule has 0 saturated carbocycles. The second kappa shape index (κ2) is 5.55. The molecule has 3 rings (SSSR count). The van der Waals surface area contributed by atoms with Gasteiger partial charge in [0.15, 0.2) is 0 Å². The standard InChI is InChI=1S/C16H16O2S3/c1-3-11-5-7-13(19-11)15-9-10-16(21(15,17)18)14-8-6-12(4-2)20-14/h5-10H,3-4H2,1-2H3. The van der Waals surface area contributed by atoms with Gasteiger partial charge >= 0.3 is 0 Å². The molecule has 0 saturated heterocycles. The van der Waals surface area contributed by atoms with Gasteiger partial charge in [0, 0.05) is 19.5 Å². The van der Waals surface area contributed by atoms with Crippen molar-refractivity contribution >= 4 is 42.3 Å². The van der Waals surface area contributed by atoms with Crippen LogP contribution in [0.3, 0.4) is 0 Å². The topological polar surface area (TPSA) is 34.1 Å². The van der Waals surface area contributed by atoms with Crippen LogP contribution < -0.4 is 0 Å². The van der Waals surface area contributed by atoms with Crippen LogP contribution >= 0.6 is 22.7 Å². The van der Waals surface area contributed by atoms with Crippen LogP contribution in [0.15, 0.2) is 36.4 Å². The van der Waals surface area contributed by atoms with Crippen molar-refractivity contribution in [2.75, 3.05) is 0 Å². The van der Waals surface area contributed by atoms with Crippen LogP contribution in [-0.4, -0.2) is 8.42 Å². The highest BCUT2D eigenvalue weighted by Crippen LogP contribution is 2.42. The van der Waals surface area contributed by atoms with Crippen molar-refractivity contribution in [3.05, 3.63) is 55.9 Å². The van der Waals surface area contributed by atoms with Crippen molar-refractivity contribution in [2.24, 2.45) is 0 Å². The summed E-state index contributed by atoms with van der Waals surface area (Å²) in [6, 6.07) is 7.84. The van der Waals surface area contributed by atoms with Crippen LogP contribution in [0, 0.1) is 0 Å². The Bertz CT molecular complexity index is 768. The van der Waals surface area contributed by atoms with Crippen LogP contribution in [0.4, 0.5) is 0 Å². The summed E-state index contributed by atoms with van der Waals surface area (Å²) >= 11 is 3.12. The molecule has 1 aliphatic heterocycles. The summed E-state index contributed by atoms with van der Waals surface area (Å²) in [5, 5.41) is 0. The fraction of sp³-hybridized carbons (Fsp3) is 0.250. The van der Waals surface area contributed by atoms with Gasteiger partial charge in [-0.2, -0.15) is 0 Å². The predicted octanol–water partition coefficient (Wildman–Crippen LogP) is 4.74. The maximum absolute atomic E-state index is 12.8. The first-order valence-corrected chi connectivity index (χ1v) is 10.0. The van der Waals surface area contributed by atoms with E-state index in [1.165, 1.54) is 9.75 Å². The number of hydrogen-bond acceptors (Lipinski definition) is 4. The summed E-state index contributed by atoms with van der Waals surface area (Å²) in [7, 11) is -3.38. The van der Waals surface area contributed by atoms with Crippen molar-refractivity contribution in [3.8, 4) is 0 Å². The second-order valence-electron chi connectivity index (χ2n) is 4.80. The highest BCUT2D eigenvalue weighted by molar-refractivity contribution is 8.09. The first-order chi connectivity index (χ1) is 10.1. The lowest BCUT2D eigenvalue weighted by molar-refractivity contribution is 0.615. The molecule has 0 radical (unpaired) electrons. The molecule has 3 heterocycles. The van der Waals surface area contributed by atoms with E-state index in [1.54, 1.807) is 34.8 Å². The molecule has 0 N–H and O–H groups in total. The quantitative estimate of drug-likeness (QED) is 0.808. The van der Waals surface area contributed by atoms with Crippen LogP contribution in [0.1, 0.15) is 33.4 Å². The van der Waals surface area contributed by atoms with Crippen LogP contribution in [-0.2, 0) is 22.7 Å². The molecule has 0 fully saturated rings. The Morgan fingerprint density at radius 3 is 1.57 bits per heavy atom. The number of sulfone groups is 1. The van der Waals surface area contributed by atoms with Gasteiger partial charge < -0.3 is 0 Å². The Labute approximate surface area is 133 Å². The average molecular weight is 337 g/mol. The molecule has 1 aliphatic rings. The van der Waals surface area contributed by atoms with Crippen LogP contribution in [0.25, 0.3) is 9.81 Å². The average Bonchev–Trinajstić information content (AvgIpc) is 3.15. The van der Waals surface area contributed by atoms with Gasteiger partial charge in [-0.1, -0.05) is 13.8 Å². The Balaban J connectivity index is 1.96. The van der Waals surface area contributed by atoms with Gasteiger partial charge in [-0.05, 0) is 49.3 Å². The van der Waals surface area contributed by atoms with Crippen molar-refractivity contribution in [2.45, 2.75) is 26.7 Å². The van der Waals surface area contributed by atoms with Crippen molar-refractivity contribution in [3.63, 3.8) is 0 Å². The summed E-state index contributed by atoms with van der Waals surface area (Å²) in [5.41, 5.74) is 0. The molecule has 0 atom stereocenters. The number of hydrogen-bond donors (Lipinski definition) is 0. The van der Waals surface area contributed by atoms with Crippen molar-refractivity contribution in [1.82, 2.24) is 0 Å². The number of thiophene rings is 2. The first-order valence-electron chi connectivity index (χ1n) is 6.91. The van der Waals surface area contributed by atoms with Crippen LogP contribution in [0.5, 0.6) is 0 Å². The van der Waals surface area contributed by atoms with Gasteiger partial charge in [-0.15, -0.1) is 22.7 Å². The molecule has 21 heavy (non-hydrogen) atoms. The van der Waals surface area contributed by atoms with Gasteiger partial charge in [0.25, 0.3) is 0 Å². The minimum absolute atomic E-state index is 0.439. The zero-order valence-electron chi connectivity index (χ0n) is 11.9. The maximum atomic E-state index is 12.8. The van der Waals surface area contributed by atoms with Gasteiger partial charge in [-0.3, -0.25) is 0 Å². The summed E-state index contributed by atoms with van der Waals surface area (Å²) in [6.45, 7) is 4.16. The Morgan fingerprint density at radius 1 is 0.810 bits per heavy atom. The Kier molecular flexibility index (Phi) is 3.90. The van der Waals surface area contributed by atoms with Gasteiger partial charge in [0.1, 0.15) is 0 Å². The molecule has 2 aromatic heterocycles. The van der Waals surface area contributed by atoms with Crippen LogP contribution in [0.2, 0.25) is 0 Å². The first kappa shape index (κ1) is 14.8. The third kappa shape index (κ3) is 2.54. The van der Waals surface area contributed by atoms with E-state index >= 15 is 0 Å². The van der Waals surface area contributed by atoms with E-state index in [-0.39, 0.29) is 0 Å². The second-order valence-corrected chi connectivity index (χ2v) is 9.03. The number of allylic oxidation sites excluding steroid dienone is 2. The molecule has 0 spiro atoms. The minimum atomic E-state index is -3.38. The van der Waals surface area contributed by atoms with E-state index in [1.807, 2.05) is 24.3 Å². The number of rotatable bonds is 4. The molecule has 110 valence electrons. The molecular weight excluding hydrogens is 320 g/mol. The zero-order chi connectivity index (χ0) is 15.0. The van der Waals surface area contributed by atoms with E-state index in [9.17, 15) is 8.42 Å². The lowest BCUT2D eigenvalue weighted by Gasteiger charge is -2.04. The van der Waals surface area contributed by atoms with Gasteiger partial charge in [-0.25, -0.2) is 8.42 Å². The van der Waals surface area contributed by atoms with Crippen molar-refractivity contribution in [1.29, 1.82) is 0 Å². The SMILES string of the molecule is CCc1ccc(C2=CC=C(c3ccc(CC)s3)S2(=O)=O)s1. The highest BCUT2D eigenvalue weighted by Gasteiger charge is 2.31. The maximum Gasteiger partial charge on any atom is 0.209 e. The molecule has 2 nitrogen and oxygen atoms in total. The fourth-order valence-electron chi connectivity index (χ4n) is 2.28. The lowest BCUT2D eigenvalue weighted by Crippen LogP contribution is -2.00. The third-order valence-corrected chi connectivity index (χ3v) is 8.13. The third-order valence-electron chi connectivity index (χ3n) is 3.47. The smallest absolute Gasteiger partial charge is 0.209 e. The molecule has 0 aromatic carbocycles. The molecule has 0 unspecified atom stereocenters. The van der Waals surface area contributed by atoms with E-state index in [0.717, 1.165) is 22.6 Å². The minimum Gasteiger partial charge on any atom is -0.218 e. The zero-order valence-corrected chi connectivity index (χ0v) is 14.4. The molecule has 5 heteroatoms. The Morgan fingerprint density at radius 2 is 1.24 bits per heavy atom. The lowest BCUT2D eigenvalue weighted by atomic mass is 10.3. The number of aryl methyl sites for hydroxylation is 2. The predicted molar refractivity (Wildman–Crippen MR) is 92.3 cm³/mol. The largest absolute Gasteiger partial charge is 0.218 e. The molecule has 0 amide bonds.